The zero-order valence-electron chi connectivity index (χ0n) is 31.8. The van der Waals surface area contributed by atoms with E-state index in [4.69, 9.17) is 35.3 Å². The zero-order chi connectivity index (χ0) is 39.2. The molecule has 294 valence electrons. The van der Waals surface area contributed by atoms with E-state index in [-0.39, 0.29) is 30.2 Å². The number of likely N-dealkylation sites (N-methyl/N-ethyl adjacent to an activating group) is 1. The number of nitrogens with one attached hydrogen (secondary N) is 1. The van der Waals surface area contributed by atoms with Gasteiger partial charge in [-0.25, -0.2) is 9.59 Å². The minimum atomic E-state index is -1.82. The number of alkyl carbamates (subject to hydrolysis) is 1. The summed E-state index contributed by atoms with van der Waals surface area (Å²) in [7, 11) is 6.06. The van der Waals surface area contributed by atoms with Gasteiger partial charge in [-0.15, -0.1) is 0 Å². The largest absolute Gasteiger partial charge is 0.495 e. The minimum Gasteiger partial charge on any atom is -0.495 e. The Morgan fingerprint density at radius 2 is 1.94 bits per heavy atom. The molecule has 1 aromatic rings. The van der Waals surface area contributed by atoms with Crippen LogP contribution in [0.25, 0.3) is 0 Å². The molecule has 0 spiro atoms. The molecule has 0 radical (unpaired) electrons. The Morgan fingerprint density at radius 3 is 2.60 bits per heavy atom. The summed E-state index contributed by atoms with van der Waals surface area (Å²) in [5, 5.41) is 14.5. The number of thiol groups is 1. The van der Waals surface area contributed by atoms with Crippen LogP contribution in [0, 0.1) is 5.92 Å². The second-order valence-corrected chi connectivity index (χ2v) is 15.3. The number of allylic oxidation sites excluding steroid dienone is 3. The number of anilines is 1. The quantitative estimate of drug-likeness (QED) is 0.128. The first kappa shape index (κ1) is 42.4. The molecule has 0 unspecified atom stereocenters. The van der Waals surface area contributed by atoms with Crippen LogP contribution in [-0.4, -0.2) is 110 Å². The molecule has 1 aromatic carbocycles. The van der Waals surface area contributed by atoms with Crippen molar-refractivity contribution < 1.29 is 48.0 Å². The van der Waals surface area contributed by atoms with Crippen LogP contribution in [0.1, 0.15) is 71.8 Å². The topological polar surface area (TPSA) is 156 Å². The van der Waals surface area contributed by atoms with Gasteiger partial charge in [-0.05, 0) is 63.5 Å². The summed E-state index contributed by atoms with van der Waals surface area (Å²) in [5.41, 5.74) is -0.889. The van der Waals surface area contributed by atoms with Crippen LogP contribution < -0.4 is 15.0 Å². The highest BCUT2D eigenvalue weighted by Gasteiger charge is 2.64. The normalized spacial score (nSPS) is 31.2. The van der Waals surface area contributed by atoms with Gasteiger partial charge in [0.25, 0.3) is 0 Å². The van der Waals surface area contributed by atoms with Crippen LogP contribution in [0.2, 0.25) is 5.02 Å². The molecule has 3 heterocycles. The lowest BCUT2D eigenvalue weighted by Crippen LogP contribution is -2.63. The number of carbonyl (C=O) groups is 4. The molecule has 3 aliphatic heterocycles. The zero-order valence-corrected chi connectivity index (χ0v) is 33.5. The summed E-state index contributed by atoms with van der Waals surface area (Å²) >= 11 is 11.0. The van der Waals surface area contributed by atoms with Gasteiger partial charge in [0.1, 0.15) is 40.7 Å². The molecular formula is C38H54ClN3O10S. The monoisotopic (exact) mass is 779 g/mol. The number of epoxide rings is 1. The summed E-state index contributed by atoms with van der Waals surface area (Å²) < 4.78 is 29.2. The molecule has 0 aliphatic carbocycles. The first-order chi connectivity index (χ1) is 25.0. The van der Waals surface area contributed by atoms with Crippen molar-refractivity contribution in [2.24, 2.45) is 5.92 Å². The molecule has 2 N–H and O–H groups in total. The van der Waals surface area contributed by atoms with Gasteiger partial charge < -0.3 is 38.6 Å². The molecule has 13 nitrogen and oxygen atoms in total. The van der Waals surface area contributed by atoms with Crippen LogP contribution in [-0.2, 0) is 39.8 Å². The first-order valence-electron chi connectivity index (χ1n) is 17.9. The second kappa shape index (κ2) is 17.9. The Hall–Kier alpha value is -3.30. The van der Waals surface area contributed by atoms with E-state index in [1.54, 1.807) is 59.2 Å². The second-order valence-electron chi connectivity index (χ2n) is 14.4. The fourth-order valence-corrected chi connectivity index (χ4v) is 7.50. The van der Waals surface area contributed by atoms with Crippen molar-refractivity contribution in [2.45, 2.75) is 114 Å². The summed E-state index contributed by atoms with van der Waals surface area (Å²) in [6.07, 6.45) is 3.67. The highest BCUT2D eigenvalue weighted by molar-refractivity contribution is 7.80. The number of nitrogens with zero attached hydrogens (tertiary/aromatic N) is 2. The van der Waals surface area contributed by atoms with Gasteiger partial charge in [0.15, 0.2) is 5.72 Å². The standard InChI is InChI=1S/C38H54ClN3O10S/c1-22-13-12-14-29(49-8)38(47)21-28(50-36(46)40-38)23(2)34-37(4,52-34)30(51-35(45)24(3)41(5)31(43)15-10-9-11-16-53)20-32(44)42(6)26-18-25(17-22)19-27(48-7)33(26)39/h12-14,18-19,23-24,28-30,34,47,53H,9-11,15-17,20-21H2,1-8H3,(H,40,46)/b14-12+,22-13+/t23-,24-,28+,29-,30+,34+,37+,38+/m1/s1. The maximum absolute atomic E-state index is 14.1. The number of fused-ring (bicyclic) bond motifs is 5. The van der Waals surface area contributed by atoms with Crippen LogP contribution >= 0.6 is 24.2 Å². The van der Waals surface area contributed by atoms with Gasteiger partial charge in [0.2, 0.25) is 11.8 Å². The highest BCUT2D eigenvalue weighted by atomic mass is 35.5. The van der Waals surface area contributed by atoms with Crippen LogP contribution in [0.15, 0.2) is 35.9 Å². The number of ether oxygens (including phenoxy) is 5. The molecule has 3 amide bonds. The first-order valence-corrected chi connectivity index (χ1v) is 19.0. The van der Waals surface area contributed by atoms with Crippen molar-refractivity contribution in [1.29, 1.82) is 0 Å². The van der Waals surface area contributed by atoms with E-state index in [9.17, 15) is 24.3 Å². The van der Waals surface area contributed by atoms with E-state index in [1.807, 2.05) is 13.0 Å². The highest BCUT2D eigenvalue weighted by Crippen LogP contribution is 2.49. The van der Waals surface area contributed by atoms with Crippen molar-refractivity contribution in [3.05, 3.63) is 46.5 Å². The van der Waals surface area contributed by atoms with Crippen molar-refractivity contribution in [3.8, 4) is 5.75 Å². The molecule has 2 saturated heterocycles. The fraction of sp³-hybridized carbons (Fsp3) is 0.632. The van der Waals surface area contributed by atoms with Crippen LogP contribution in [0.4, 0.5) is 10.5 Å². The van der Waals surface area contributed by atoms with Gasteiger partial charge >= 0.3 is 12.1 Å². The SMILES string of the molecule is COc1cc2cc(c1Cl)N(C)C(=O)C[C@H](OC(=O)[C@@H](C)N(C)C(=O)CCCCCS)[C@]1(C)O[C@H]1[C@H](C)[C@@H]1C[C@@](O)(NC(=O)O1)[C@H](OC)/C=C/C=C(\C)C2. The maximum atomic E-state index is 14.1. The number of esters is 1. The van der Waals surface area contributed by atoms with E-state index >= 15 is 0 Å². The van der Waals surface area contributed by atoms with Gasteiger partial charge in [0, 0.05) is 40.0 Å². The summed E-state index contributed by atoms with van der Waals surface area (Å²) in [6, 6.07) is 2.64. The Balaban J connectivity index is 1.72. The lowest BCUT2D eigenvalue weighted by molar-refractivity contribution is -0.162. The third-order valence-electron chi connectivity index (χ3n) is 10.6. The number of hydrogen-bond donors (Lipinski definition) is 3. The minimum absolute atomic E-state index is 0.0461. The Labute approximate surface area is 322 Å². The Bertz CT molecular complexity index is 1590. The average Bonchev–Trinajstić information content (AvgIpc) is 3.81. The number of amides is 3. The van der Waals surface area contributed by atoms with Crippen LogP contribution in [0.3, 0.4) is 0 Å². The van der Waals surface area contributed by atoms with Crippen molar-refractivity contribution >= 4 is 53.8 Å². The molecule has 0 aromatic heterocycles. The Morgan fingerprint density at radius 1 is 1.23 bits per heavy atom. The number of halogens is 1. The molecule has 0 saturated carbocycles. The van der Waals surface area contributed by atoms with E-state index in [0.717, 1.165) is 29.7 Å². The molecule has 53 heavy (non-hydrogen) atoms. The summed E-state index contributed by atoms with van der Waals surface area (Å²) in [6.45, 7) is 7.03. The number of carbonyl (C=O) groups excluding carboxylic acids is 4. The number of rotatable bonds is 10. The van der Waals surface area contributed by atoms with E-state index < -0.39 is 65.7 Å². The lowest BCUT2D eigenvalue weighted by atomic mass is 9.83. The predicted molar refractivity (Wildman–Crippen MR) is 203 cm³/mol. The van der Waals surface area contributed by atoms with Crippen molar-refractivity contribution in [3.63, 3.8) is 0 Å². The Kier molecular flexibility index (Phi) is 14.3. The van der Waals surface area contributed by atoms with Crippen molar-refractivity contribution in [1.82, 2.24) is 10.2 Å². The van der Waals surface area contributed by atoms with Gasteiger partial charge in [-0.1, -0.05) is 48.7 Å². The lowest BCUT2D eigenvalue weighted by Gasteiger charge is -2.42. The summed E-state index contributed by atoms with van der Waals surface area (Å²) in [4.78, 5) is 56.4. The molecule has 4 bridgehead atoms. The number of benzene rings is 1. The van der Waals surface area contributed by atoms with Crippen molar-refractivity contribution in [2.75, 3.05) is 39.0 Å². The van der Waals surface area contributed by atoms with Gasteiger partial charge in [0.05, 0.1) is 25.3 Å². The molecular weight excluding hydrogens is 726 g/mol. The molecule has 2 fully saturated rings. The average molecular weight is 780 g/mol. The maximum Gasteiger partial charge on any atom is 0.409 e. The fourth-order valence-electron chi connectivity index (χ4n) is 6.96. The van der Waals surface area contributed by atoms with Crippen LogP contribution in [0.5, 0.6) is 5.75 Å². The van der Waals surface area contributed by atoms with Gasteiger partial charge in [-0.2, -0.15) is 12.6 Å². The number of unbranched alkanes of at least 4 members (excludes halogenated alkanes) is 2. The molecule has 8 atom stereocenters. The molecule has 4 rings (SSSR count). The van der Waals surface area contributed by atoms with E-state index in [1.165, 1.54) is 24.0 Å². The van der Waals surface area contributed by atoms with E-state index in [2.05, 4.69) is 17.9 Å². The smallest absolute Gasteiger partial charge is 0.409 e. The number of hydrogen-bond acceptors (Lipinski definition) is 11. The molecule has 3 aliphatic rings. The summed E-state index contributed by atoms with van der Waals surface area (Å²) in [5.74, 6) is -0.753. The number of aliphatic hydroxyl groups is 1. The number of methoxy groups -OCH3 is 2. The van der Waals surface area contributed by atoms with E-state index in [0.29, 0.717) is 24.3 Å². The predicted octanol–water partition coefficient (Wildman–Crippen LogP) is 5.00. The third-order valence-corrected chi connectivity index (χ3v) is 11.3. The van der Waals surface area contributed by atoms with Gasteiger partial charge in [-0.3, -0.25) is 14.9 Å². The molecule has 15 heteroatoms. The third kappa shape index (κ3) is 9.88.